The Kier molecular flexibility index (Phi) is 5.36. The van der Waals surface area contributed by atoms with Gasteiger partial charge >= 0.3 is 6.09 Å². The molecule has 1 fully saturated rings. The number of carbonyl (C=O) groups excluding carboxylic acids is 1. The molecule has 0 saturated carbocycles. The summed E-state index contributed by atoms with van der Waals surface area (Å²) < 4.78 is 4.98. The number of hydrogen-bond acceptors (Lipinski definition) is 5. The number of likely N-dealkylation sites (tertiary alicyclic amines) is 1. The van der Waals surface area contributed by atoms with Crippen LogP contribution in [0, 0.1) is 0 Å². The Labute approximate surface area is 133 Å². The molecule has 1 aliphatic rings. The van der Waals surface area contributed by atoms with Gasteiger partial charge in [-0.25, -0.2) is 9.78 Å². The molecule has 1 saturated heterocycles. The van der Waals surface area contributed by atoms with E-state index in [1.165, 1.54) is 0 Å². The first kappa shape index (κ1) is 16.0. The summed E-state index contributed by atoms with van der Waals surface area (Å²) in [5, 5.41) is 4.02. The first-order valence-electron chi connectivity index (χ1n) is 6.81. The number of rotatable bonds is 3. The summed E-state index contributed by atoms with van der Waals surface area (Å²) in [6.07, 6.45) is 1.32. The van der Waals surface area contributed by atoms with Crippen LogP contribution in [0.1, 0.15) is 19.8 Å². The van der Waals surface area contributed by atoms with Gasteiger partial charge in [0.05, 0.1) is 16.7 Å². The molecule has 6 nitrogen and oxygen atoms in total. The molecular formula is C13H18Cl2N4O2. The molecule has 0 aromatic carbocycles. The molecular weight excluding hydrogens is 315 g/mol. The SMILES string of the molecule is CCOC(=O)N1CCC(Nc2nc(N)c(Cl)cc2Cl)CC1. The molecule has 0 atom stereocenters. The molecule has 0 spiro atoms. The topological polar surface area (TPSA) is 80.5 Å². The van der Waals surface area contributed by atoms with Crippen molar-refractivity contribution in [2.24, 2.45) is 0 Å². The smallest absolute Gasteiger partial charge is 0.409 e. The largest absolute Gasteiger partial charge is 0.450 e. The average molecular weight is 333 g/mol. The number of nitrogen functional groups attached to an aromatic ring is 1. The maximum absolute atomic E-state index is 11.6. The Morgan fingerprint density at radius 3 is 2.76 bits per heavy atom. The van der Waals surface area contributed by atoms with Crippen LogP contribution in [-0.4, -0.2) is 41.7 Å². The van der Waals surface area contributed by atoms with Crippen LogP contribution in [0.5, 0.6) is 0 Å². The van der Waals surface area contributed by atoms with Crippen LogP contribution in [0.3, 0.4) is 0 Å². The number of carbonyl (C=O) groups is 1. The van der Waals surface area contributed by atoms with Crippen molar-refractivity contribution in [2.45, 2.75) is 25.8 Å². The fraction of sp³-hybridized carbons (Fsp3) is 0.538. The summed E-state index contributed by atoms with van der Waals surface area (Å²) in [5.74, 6) is 0.765. The number of nitrogens with two attached hydrogens (primary N) is 1. The maximum atomic E-state index is 11.6. The van der Waals surface area contributed by atoms with Gasteiger partial charge in [0, 0.05) is 19.1 Å². The van der Waals surface area contributed by atoms with E-state index in [0.717, 1.165) is 12.8 Å². The number of aromatic nitrogens is 1. The van der Waals surface area contributed by atoms with Crippen molar-refractivity contribution < 1.29 is 9.53 Å². The van der Waals surface area contributed by atoms with E-state index in [2.05, 4.69) is 10.3 Å². The molecule has 2 heterocycles. The van der Waals surface area contributed by atoms with Gasteiger partial charge in [-0.05, 0) is 25.8 Å². The highest BCUT2D eigenvalue weighted by Gasteiger charge is 2.24. The van der Waals surface area contributed by atoms with E-state index in [1.807, 2.05) is 0 Å². The third-order valence-corrected chi connectivity index (χ3v) is 3.91. The number of piperidine rings is 1. The molecule has 0 radical (unpaired) electrons. The van der Waals surface area contributed by atoms with E-state index in [-0.39, 0.29) is 18.0 Å². The zero-order valence-electron chi connectivity index (χ0n) is 11.7. The Morgan fingerprint density at radius 1 is 1.48 bits per heavy atom. The van der Waals surface area contributed by atoms with Crippen molar-refractivity contribution >= 4 is 40.9 Å². The van der Waals surface area contributed by atoms with Gasteiger partial charge in [-0.2, -0.15) is 0 Å². The van der Waals surface area contributed by atoms with Gasteiger partial charge in [0.1, 0.15) is 11.6 Å². The molecule has 1 aromatic rings. The number of ether oxygens (including phenoxy) is 1. The minimum absolute atomic E-state index is 0.182. The number of nitrogens with one attached hydrogen (secondary N) is 1. The van der Waals surface area contributed by atoms with Gasteiger partial charge < -0.3 is 20.7 Å². The van der Waals surface area contributed by atoms with Crippen LogP contribution in [0.2, 0.25) is 10.0 Å². The third kappa shape index (κ3) is 4.04. The molecule has 2 rings (SSSR count). The van der Waals surface area contributed by atoms with E-state index in [4.69, 9.17) is 33.7 Å². The summed E-state index contributed by atoms with van der Waals surface area (Å²) >= 11 is 11.9. The number of halogens is 2. The molecule has 1 aliphatic heterocycles. The second-order valence-electron chi connectivity index (χ2n) is 4.79. The van der Waals surface area contributed by atoms with Crippen molar-refractivity contribution in [1.82, 2.24) is 9.88 Å². The van der Waals surface area contributed by atoms with Gasteiger partial charge in [-0.15, -0.1) is 0 Å². The Morgan fingerprint density at radius 2 is 2.14 bits per heavy atom. The highest BCUT2D eigenvalue weighted by Crippen LogP contribution is 2.28. The van der Waals surface area contributed by atoms with E-state index in [0.29, 0.717) is 35.6 Å². The van der Waals surface area contributed by atoms with Crippen LogP contribution >= 0.6 is 23.2 Å². The quantitative estimate of drug-likeness (QED) is 0.889. The third-order valence-electron chi connectivity index (χ3n) is 3.32. The van der Waals surface area contributed by atoms with E-state index >= 15 is 0 Å². The van der Waals surface area contributed by atoms with Crippen molar-refractivity contribution in [3.63, 3.8) is 0 Å². The number of nitrogens with zero attached hydrogens (tertiary/aromatic N) is 2. The Hall–Kier alpha value is -1.40. The van der Waals surface area contributed by atoms with Crippen molar-refractivity contribution in [3.8, 4) is 0 Å². The Balaban J connectivity index is 1.92. The van der Waals surface area contributed by atoms with Crippen molar-refractivity contribution in [2.75, 3.05) is 30.7 Å². The summed E-state index contributed by atoms with van der Waals surface area (Å²) in [5.41, 5.74) is 5.68. The molecule has 0 aliphatic carbocycles. The number of amides is 1. The lowest BCUT2D eigenvalue weighted by atomic mass is 10.1. The van der Waals surface area contributed by atoms with Crippen LogP contribution < -0.4 is 11.1 Å². The second-order valence-corrected chi connectivity index (χ2v) is 5.60. The second kappa shape index (κ2) is 7.04. The van der Waals surface area contributed by atoms with E-state index in [1.54, 1.807) is 17.9 Å². The lowest BCUT2D eigenvalue weighted by Gasteiger charge is -2.32. The van der Waals surface area contributed by atoms with Crippen LogP contribution in [-0.2, 0) is 4.74 Å². The predicted molar refractivity (Wildman–Crippen MR) is 83.9 cm³/mol. The van der Waals surface area contributed by atoms with Crippen molar-refractivity contribution in [3.05, 3.63) is 16.1 Å². The minimum Gasteiger partial charge on any atom is -0.450 e. The predicted octanol–water partition coefficient (Wildman–Crippen LogP) is 3.00. The zero-order valence-corrected chi connectivity index (χ0v) is 13.2. The van der Waals surface area contributed by atoms with Crippen molar-refractivity contribution in [1.29, 1.82) is 0 Å². The highest BCUT2D eigenvalue weighted by atomic mass is 35.5. The number of pyridine rings is 1. The maximum Gasteiger partial charge on any atom is 0.409 e. The first-order chi connectivity index (χ1) is 10.0. The molecule has 8 heteroatoms. The molecule has 3 N–H and O–H groups in total. The van der Waals surface area contributed by atoms with Gasteiger partial charge in [0.15, 0.2) is 0 Å². The summed E-state index contributed by atoms with van der Waals surface area (Å²) in [6, 6.07) is 1.75. The normalized spacial score (nSPS) is 15.9. The number of anilines is 2. The average Bonchev–Trinajstić information content (AvgIpc) is 2.46. The summed E-state index contributed by atoms with van der Waals surface area (Å²) in [7, 11) is 0. The van der Waals surface area contributed by atoms with Gasteiger partial charge in [-0.3, -0.25) is 0 Å². The summed E-state index contributed by atoms with van der Waals surface area (Å²) in [4.78, 5) is 17.5. The summed E-state index contributed by atoms with van der Waals surface area (Å²) in [6.45, 7) is 3.46. The fourth-order valence-corrected chi connectivity index (χ4v) is 2.61. The van der Waals surface area contributed by atoms with E-state index < -0.39 is 0 Å². The Bertz CT molecular complexity index is 519. The first-order valence-corrected chi connectivity index (χ1v) is 7.56. The lowest BCUT2D eigenvalue weighted by molar-refractivity contribution is 0.0983. The molecule has 0 unspecified atom stereocenters. The molecule has 1 aromatic heterocycles. The van der Waals surface area contributed by atoms with Gasteiger partial charge in [0.2, 0.25) is 0 Å². The standard InChI is InChI=1S/C13H18Cl2N4O2/c1-2-21-13(20)19-5-3-8(4-6-19)17-12-10(15)7-9(14)11(16)18-12/h7-8H,2-6H2,1H3,(H3,16,17,18). The minimum atomic E-state index is -0.261. The highest BCUT2D eigenvalue weighted by molar-refractivity contribution is 6.37. The molecule has 0 bridgehead atoms. The molecule has 116 valence electrons. The van der Waals surface area contributed by atoms with Crippen LogP contribution in [0.15, 0.2) is 6.07 Å². The molecule has 1 amide bonds. The lowest BCUT2D eigenvalue weighted by Crippen LogP contribution is -2.42. The molecule has 21 heavy (non-hydrogen) atoms. The van der Waals surface area contributed by atoms with Crippen LogP contribution in [0.25, 0.3) is 0 Å². The number of hydrogen-bond donors (Lipinski definition) is 2. The van der Waals surface area contributed by atoms with Crippen LogP contribution in [0.4, 0.5) is 16.4 Å². The van der Waals surface area contributed by atoms with E-state index in [9.17, 15) is 4.79 Å². The van der Waals surface area contributed by atoms with Gasteiger partial charge in [0.25, 0.3) is 0 Å². The van der Waals surface area contributed by atoms with Gasteiger partial charge in [-0.1, -0.05) is 23.2 Å². The zero-order chi connectivity index (χ0) is 15.4. The monoisotopic (exact) mass is 332 g/mol. The fourth-order valence-electron chi connectivity index (χ4n) is 2.20.